The number of benzene rings is 2. The van der Waals surface area contributed by atoms with Crippen LogP contribution in [0.4, 0.5) is 0 Å². The summed E-state index contributed by atoms with van der Waals surface area (Å²) >= 11 is 0. The zero-order valence-corrected chi connectivity index (χ0v) is 16.1. The van der Waals surface area contributed by atoms with Gasteiger partial charge in [0.1, 0.15) is 18.5 Å². The van der Waals surface area contributed by atoms with E-state index in [1.165, 1.54) is 5.56 Å². The van der Waals surface area contributed by atoms with Gasteiger partial charge in [-0.1, -0.05) is 49.4 Å². The van der Waals surface area contributed by atoms with E-state index in [4.69, 9.17) is 9.47 Å². The van der Waals surface area contributed by atoms with E-state index in [1.807, 2.05) is 49.4 Å². The van der Waals surface area contributed by atoms with Crippen molar-refractivity contribution in [3.8, 4) is 5.75 Å². The zero-order valence-electron chi connectivity index (χ0n) is 16.1. The van der Waals surface area contributed by atoms with Crippen LogP contribution >= 0.6 is 0 Å². The van der Waals surface area contributed by atoms with Gasteiger partial charge in [0.2, 0.25) is 0 Å². The third-order valence-electron chi connectivity index (χ3n) is 4.17. The SMILES string of the molecule is CCCC(=O)OCC(O)CN(Cc1ccccc1)Cc1ccc(OC)cc1. The highest BCUT2D eigenvalue weighted by Gasteiger charge is 2.15. The maximum atomic E-state index is 11.5. The molecule has 0 aromatic heterocycles. The highest BCUT2D eigenvalue weighted by atomic mass is 16.5. The Hall–Kier alpha value is -2.37. The lowest BCUT2D eigenvalue weighted by Crippen LogP contribution is -2.34. The molecule has 0 amide bonds. The van der Waals surface area contributed by atoms with Crippen molar-refractivity contribution in [1.29, 1.82) is 0 Å². The van der Waals surface area contributed by atoms with E-state index >= 15 is 0 Å². The number of esters is 1. The van der Waals surface area contributed by atoms with Crippen LogP contribution in [0.25, 0.3) is 0 Å². The fourth-order valence-corrected chi connectivity index (χ4v) is 2.83. The first-order valence-corrected chi connectivity index (χ1v) is 9.33. The molecule has 0 aliphatic heterocycles. The van der Waals surface area contributed by atoms with Crippen LogP contribution in [0, 0.1) is 0 Å². The van der Waals surface area contributed by atoms with Crippen LogP contribution in [0.3, 0.4) is 0 Å². The summed E-state index contributed by atoms with van der Waals surface area (Å²) in [5, 5.41) is 10.3. The maximum Gasteiger partial charge on any atom is 0.305 e. The number of carbonyl (C=O) groups is 1. The van der Waals surface area contributed by atoms with Gasteiger partial charge in [0.15, 0.2) is 0 Å². The fourth-order valence-electron chi connectivity index (χ4n) is 2.83. The number of ether oxygens (including phenoxy) is 2. The Balaban J connectivity index is 1.98. The van der Waals surface area contributed by atoms with Gasteiger partial charge >= 0.3 is 5.97 Å². The maximum absolute atomic E-state index is 11.5. The Morgan fingerprint density at radius 1 is 1.04 bits per heavy atom. The number of rotatable bonds is 11. The highest BCUT2D eigenvalue weighted by Crippen LogP contribution is 2.15. The summed E-state index contributed by atoms with van der Waals surface area (Å²) in [5.41, 5.74) is 2.29. The molecule has 2 aromatic rings. The highest BCUT2D eigenvalue weighted by molar-refractivity contribution is 5.69. The number of hydrogen-bond donors (Lipinski definition) is 1. The monoisotopic (exact) mass is 371 g/mol. The van der Waals surface area contributed by atoms with Crippen molar-refractivity contribution < 1.29 is 19.4 Å². The molecule has 1 N–H and O–H groups in total. The lowest BCUT2D eigenvalue weighted by Gasteiger charge is -2.25. The van der Waals surface area contributed by atoms with E-state index in [2.05, 4.69) is 17.0 Å². The average molecular weight is 371 g/mol. The number of nitrogens with zero attached hydrogens (tertiary/aromatic N) is 1. The van der Waals surface area contributed by atoms with Crippen molar-refractivity contribution >= 4 is 5.97 Å². The third-order valence-corrected chi connectivity index (χ3v) is 4.17. The molecule has 0 radical (unpaired) electrons. The van der Waals surface area contributed by atoms with E-state index in [-0.39, 0.29) is 12.6 Å². The van der Waals surface area contributed by atoms with Crippen LogP contribution in [-0.2, 0) is 22.6 Å². The summed E-state index contributed by atoms with van der Waals surface area (Å²) in [6.07, 6.45) is 0.395. The second kappa shape index (κ2) is 11.4. The summed E-state index contributed by atoms with van der Waals surface area (Å²) in [7, 11) is 1.65. The Labute approximate surface area is 161 Å². The standard InChI is InChI=1S/C22H29NO4/c1-3-7-22(25)27-17-20(24)16-23(14-18-8-5-4-6-9-18)15-19-10-12-21(26-2)13-11-19/h4-6,8-13,20,24H,3,7,14-17H2,1-2H3. The molecule has 0 aliphatic rings. The molecule has 0 aliphatic carbocycles. The predicted octanol–water partition coefficient (Wildman–Crippen LogP) is 3.40. The number of aliphatic hydroxyl groups excluding tert-OH is 1. The molecule has 5 nitrogen and oxygen atoms in total. The molecule has 2 aromatic carbocycles. The van der Waals surface area contributed by atoms with Gasteiger partial charge in [0.25, 0.3) is 0 Å². The van der Waals surface area contributed by atoms with Gasteiger partial charge in [0.05, 0.1) is 7.11 Å². The number of aliphatic hydroxyl groups is 1. The summed E-state index contributed by atoms with van der Waals surface area (Å²) in [6, 6.07) is 18.0. The quantitative estimate of drug-likeness (QED) is 0.614. The van der Waals surface area contributed by atoms with E-state index in [0.717, 1.165) is 17.7 Å². The average Bonchev–Trinajstić information content (AvgIpc) is 2.68. The van der Waals surface area contributed by atoms with E-state index < -0.39 is 6.10 Å². The van der Waals surface area contributed by atoms with Crippen molar-refractivity contribution in [2.24, 2.45) is 0 Å². The molecule has 27 heavy (non-hydrogen) atoms. The number of carbonyl (C=O) groups excluding carboxylic acids is 1. The van der Waals surface area contributed by atoms with Gasteiger partial charge in [-0.2, -0.15) is 0 Å². The van der Waals surface area contributed by atoms with Crippen LogP contribution in [-0.4, -0.2) is 42.3 Å². The summed E-state index contributed by atoms with van der Waals surface area (Å²) in [5.74, 6) is 0.553. The molecule has 5 heteroatoms. The van der Waals surface area contributed by atoms with E-state index in [1.54, 1.807) is 7.11 Å². The van der Waals surface area contributed by atoms with Crippen molar-refractivity contribution in [2.45, 2.75) is 39.0 Å². The second-order valence-corrected chi connectivity index (χ2v) is 6.59. The predicted molar refractivity (Wildman–Crippen MR) is 105 cm³/mol. The molecule has 0 bridgehead atoms. The smallest absolute Gasteiger partial charge is 0.305 e. The molecule has 146 valence electrons. The van der Waals surface area contributed by atoms with Gasteiger partial charge < -0.3 is 14.6 Å². The minimum Gasteiger partial charge on any atom is -0.497 e. The van der Waals surface area contributed by atoms with Crippen molar-refractivity contribution in [2.75, 3.05) is 20.3 Å². The van der Waals surface area contributed by atoms with Gasteiger partial charge in [-0.25, -0.2) is 0 Å². The summed E-state index contributed by atoms with van der Waals surface area (Å²) in [4.78, 5) is 13.7. The summed E-state index contributed by atoms with van der Waals surface area (Å²) < 4.78 is 10.4. The van der Waals surface area contributed by atoms with Gasteiger partial charge in [-0.15, -0.1) is 0 Å². The van der Waals surface area contributed by atoms with Crippen LogP contribution in [0.2, 0.25) is 0 Å². The molecule has 0 saturated carbocycles. The first-order valence-electron chi connectivity index (χ1n) is 9.33. The van der Waals surface area contributed by atoms with Crippen LogP contribution in [0.15, 0.2) is 54.6 Å². The van der Waals surface area contributed by atoms with Crippen molar-refractivity contribution in [1.82, 2.24) is 4.90 Å². The molecule has 0 spiro atoms. The minimum atomic E-state index is -0.729. The topological polar surface area (TPSA) is 59.0 Å². The van der Waals surface area contributed by atoms with Crippen LogP contribution < -0.4 is 4.74 Å². The molecular weight excluding hydrogens is 342 g/mol. The second-order valence-electron chi connectivity index (χ2n) is 6.59. The molecule has 2 rings (SSSR count). The van der Waals surface area contributed by atoms with Crippen LogP contribution in [0.1, 0.15) is 30.9 Å². The normalized spacial score (nSPS) is 12.0. The Bertz CT molecular complexity index is 672. The fraction of sp³-hybridized carbons (Fsp3) is 0.409. The Morgan fingerprint density at radius 3 is 2.26 bits per heavy atom. The molecule has 1 atom stereocenters. The molecule has 1 unspecified atom stereocenters. The molecule has 0 fully saturated rings. The third kappa shape index (κ3) is 7.81. The lowest BCUT2D eigenvalue weighted by molar-refractivity contribution is -0.147. The first-order chi connectivity index (χ1) is 13.1. The Morgan fingerprint density at radius 2 is 1.67 bits per heavy atom. The van der Waals surface area contributed by atoms with E-state index in [0.29, 0.717) is 26.1 Å². The number of methoxy groups -OCH3 is 1. The van der Waals surface area contributed by atoms with Crippen LogP contribution in [0.5, 0.6) is 5.75 Å². The van der Waals surface area contributed by atoms with E-state index in [9.17, 15) is 9.90 Å². The van der Waals surface area contributed by atoms with Gasteiger partial charge in [0, 0.05) is 26.1 Å². The molecule has 0 heterocycles. The summed E-state index contributed by atoms with van der Waals surface area (Å²) in [6.45, 7) is 3.74. The van der Waals surface area contributed by atoms with Gasteiger partial charge in [-0.3, -0.25) is 9.69 Å². The zero-order chi connectivity index (χ0) is 19.5. The first kappa shape index (κ1) is 20.9. The van der Waals surface area contributed by atoms with Gasteiger partial charge in [-0.05, 0) is 29.7 Å². The number of hydrogen-bond acceptors (Lipinski definition) is 5. The minimum absolute atomic E-state index is 0.0206. The Kier molecular flexibility index (Phi) is 8.81. The molecular formula is C22H29NO4. The van der Waals surface area contributed by atoms with Crippen molar-refractivity contribution in [3.05, 3.63) is 65.7 Å². The van der Waals surface area contributed by atoms with Crippen molar-refractivity contribution in [3.63, 3.8) is 0 Å². The molecule has 0 saturated heterocycles. The largest absolute Gasteiger partial charge is 0.497 e. The lowest BCUT2D eigenvalue weighted by atomic mass is 10.1.